The Hall–Kier alpha value is -0.0600. The first-order chi connectivity index (χ1) is 7.59. The molecule has 1 aromatic carbocycles. The minimum atomic E-state index is 0.178. The molecule has 0 aromatic heterocycles. The summed E-state index contributed by atoms with van der Waals surface area (Å²) in [6, 6.07) is 6.06. The van der Waals surface area contributed by atoms with Crippen LogP contribution in [0, 0.1) is 0 Å². The summed E-state index contributed by atoms with van der Waals surface area (Å²) in [5.41, 5.74) is 1.14. The van der Waals surface area contributed by atoms with Crippen LogP contribution in [0.25, 0.3) is 6.08 Å². The lowest BCUT2D eigenvalue weighted by Crippen LogP contribution is -1.83. The van der Waals surface area contributed by atoms with Crippen LogP contribution in [0.5, 0.6) is 0 Å². The fourth-order valence-corrected chi connectivity index (χ4v) is 2.42. The number of allylic oxidation sites excluding steroid dienone is 1. The summed E-state index contributed by atoms with van der Waals surface area (Å²) in [6.45, 7) is 1.60. The van der Waals surface area contributed by atoms with E-state index in [0.717, 1.165) is 26.7 Å². The van der Waals surface area contributed by atoms with E-state index in [0.29, 0.717) is 0 Å². The second-order valence-electron chi connectivity index (χ2n) is 3.20. The molecule has 1 nitrogen and oxygen atoms in total. The van der Waals surface area contributed by atoms with Gasteiger partial charge in [-0.3, -0.25) is 4.79 Å². The molecule has 0 aliphatic rings. The summed E-state index contributed by atoms with van der Waals surface area (Å²) in [7, 11) is 0. The highest BCUT2D eigenvalue weighted by molar-refractivity contribution is 9.11. The number of rotatable bonds is 4. The third-order valence-corrected chi connectivity index (χ3v) is 3.91. The van der Waals surface area contributed by atoms with Gasteiger partial charge in [0.2, 0.25) is 0 Å². The van der Waals surface area contributed by atoms with Gasteiger partial charge in [-0.1, -0.05) is 55.8 Å². The molecule has 86 valence electrons. The molecule has 0 aliphatic heterocycles. The second kappa shape index (κ2) is 7.30. The van der Waals surface area contributed by atoms with Crippen LogP contribution in [0.1, 0.15) is 18.9 Å². The van der Waals surface area contributed by atoms with Crippen LogP contribution in [0.4, 0.5) is 0 Å². The van der Waals surface area contributed by atoms with Gasteiger partial charge < -0.3 is 0 Å². The van der Waals surface area contributed by atoms with Crippen LogP contribution < -0.4 is 0 Å². The van der Waals surface area contributed by atoms with E-state index in [2.05, 4.69) is 50.1 Å². The molecular formula is C12H12Br2OS. The summed E-state index contributed by atoms with van der Waals surface area (Å²) < 4.78 is 2.14. The Morgan fingerprint density at radius 1 is 1.44 bits per heavy atom. The summed E-state index contributed by atoms with van der Waals surface area (Å²) >= 11 is 8.29. The number of thioether (sulfide) groups is 1. The maximum absolute atomic E-state index is 10.7. The summed E-state index contributed by atoms with van der Waals surface area (Å²) in [5.74, 6) is 0.845. The van der Waals surface area contributed by atoms with Crippen LogP contribution in [0.3, 0.4) is 0 Å². The van der Waals surface area contributed by atoms with Gasteiger partial charge in [0, 0.05) is 21.6 Å². The molecule has 0 N–H and O–H groups in total. The van der Waals surface area contributed by atoms with E-state index >= 15 is 0 Å². The van der Waals surface area contributed by atoms with Crippen LogP contribution >= 0.6 is 43.6 Å². The average molecular weight is 364 g/mol. The molecule has 0 unspecified atom stereocenters. The number of carbonyl (C=O) groups is 1. The lowest BCUT2D eigenvalue weighted by molar-refractivity contribution is -0.109. The van der Waals surface area contributed by atoms with Crippen LogP contribution in [-0.4, -0.2) is 10.9 Å². The normalized spacial score (nSPS) is 10.9. The van der Waals surface area contributed by atoms with Gasteiger partial charge in [0.05, 0.1) is 0 Å². The predicted octanol–water partition coefficient (Wildman–Crippen LogP) is 4.89. The minimum Gasteiger partial charge on any atom is -0.288 e. The lowest BCUT2D eigenvalue weighted by atomic mass is 10.2. The van der Waals surface area contributed by atoms with Crippen molar-refractivity contribution in [2.75, 3.05) is 5.75 Å². The molecule has 0 radical (unpaired) electrons. The zero-order valence-electron chi connectivity index (χ0n) is 8.87. The first kappa shape index (κ1) is 14.0. The molecule has 1 aromatic rings. The molecule has 0 aliphatic carbocycles. The van der Waals surface area contributed by atoms with Crippen molar-refractivity contribution in [2.24, 2.45) is 0 Å². The fraction of sp³-hybridized carbons (Fsp3) is 0.250. The Labute approximate surface area is 117 Å². The van der Waals surface area contributed by atoms with Crippen molar-refractivity contribution >= 4 is 54.8 Å². The SMILES string of the molecule is CC(=O)SCCC=Cc1cc(Br)ccc1Br. The second-order valence-corrected chi connectivity index (χ2v) is 6.24. The van der Waals surface area contributed by atoms with Crippen molar-refractivity contribution in [1.82, 2.24) is 0 Å². The Morgan fingerprint density at radius 3 is 2.88 bits per heavy atom. The van der Waals surface area contributed by atoms with E-state index in [1.54, 1.807) is 6.92 Å². The standard InChI is InChI=1S/C12H12Br2OS/c1-9(15)16-7-3-2-4-10-8-11(13)5-6-12(10)14/h2,4-6,8H,3,7H2,1H3. The number of hydrogen-bond acceptors (Lipinski definition) is 2. The van der Waals surface area contributed by atoms with Crippen molar-refractivity contribution in [3.63, 3.8) is 0 Å². The molecule has 0 bridgehead atoms. The van der Waals surface area contributed by atoms with Crippen LogP contribution in [0.2, 0.25) is 0 Å². The van der Waals surface area contributed by atoms with Gasteiger partial charge >= 0.3 is 0 Å². The molecule has 4 heteroatoms. The minimum absolute atomic E-state index is 0.178. The lowest BCUT2D eigenvalue weighted by Gasteiger charge is -1.99. The number of hydrogen-bond donors (Lipinski definition) is 0. The molecule has 16 heavy (non-hydrogen) atoms. The monoisotopic (exact) mass is 362 g/mol. The van der Waals surface area contributed by atoms with Crippen molar-refractivity contribution in [1.29, 1.82) is 0 Å². The fourth-order valence-electron chi connectivity index (χ4n) is 1.12. The third-order valence-electron chi connectivity index (χ3n) is 1.85. The Bertz CT molecular complexity index is 402. The van der Waals surface area contributed by atoms with E-state index in [9.17, 15) is 4.79 Å². The maximum Gasteiger partial charge on any atom is 0.185 e. The van der Waals surface area contributed by atoms with Gasteiger partial charge in [0.25, 0.3) is 0 Å². The Morgan fingerprint density at radius 2 is 2.19 bits per heavy atom. The van der Waals surface area contributed by atoms with Gasteiger partial charge in [-0.2, -0.15) is 0 Å². The predicted molar refractivity (Wildman–Crippen MR) is 78.6 cm³/mol. The molecule has 0 heterocycles. The third kappa shape index (κ3) is 5.32. The highest BCUT2D eigenvalue weighted by Crippen LogP contribution is 2.22. The van der Waals surface area contributed by atoms with Crippen LogP contribution in [-0.2, 0) is 4.79 Å². The maximum atomic E-state index is 10.7. The quantitative estimate of drug-likeness (QED) is 0.708. The highest BCUT2D eigenvalue weighted by atomic mass is 79.9. The average Bonchev–Trinajstić information content (AvgIpc) is 2.22. The zero-order valence-corrected chi connectivity index (χ0v) is 12.9. The Balaban J connectivity index is 2.49. The molecule has 0 saturated carbocycles. The molecule has 0 saturated heterocycles. The first-order valence-electron chi connectivity index (χ1n) is 4.84. The molecule has 0 atom stereocenters. The van der Waals surface area contributed by atoms with Gasteiger partial charge in [0.15, 0.2) is 5.12 Å². The van der Waals surface area contributed by atoms with E-state index in [4.69, 9.17) is 0 Å². The Kier molecular flexibility index (Phi) is 6.39. The smallest absolute Gasteiger partial charge is 0.185 e. The van der Waals surface area contributed by atoms with Gasteiger partial charge in [-0.25, -0.2) is 0 Å². The van der Waals surface area contributed by atoms with Crippen molar-refractivity contribution in [2.45, 2.75) is 13.3 Å². The van der Waals surface area contributed by atoms with E-state index in [1.807, 2.05) is 12.1 Å². The van der Waals surface area contributed by atoms with Crippen molar-refractivity contribution < 1.29 is 4.79 Å². The van der Waals surface area contributed by atoms with Crippen LogP contribution in [0.15, 0.2) is 33.2 Å². The van der Waals surface area contributed by atoms with Crippen molar-refractivity contribution in [3.05, 3.63) is 38.8 Å². The molecule has 0 amide bonds. The number of halogens is 2. The molecule has 1 rings (SSSR count). The van der Waals surface area contributed by atoms with Gasteiger partial charge in [-0.15, -0.1) is 0 Å². The topological polar surface area (TPSA) is 17.1 Å². The molecule has 0 spiro atoms. The van der Waals surface area contributed by atoms with Gasteiger partial charge in [0.1, 0.15) is 0 Å². The van der Waals surface area contributed by atoms with E-state index in [-0.39, 0.29) is 5.12 Å². The van der Waals surface area contributed by atoms with E-state index in [1.165, 1.54) is 11.8 Å². The summed E-state index contributed by atoms with van der Waals surface area (Å²) in [5, 5.41) is 0.178. The zero-order chi connectivity index (χ0) is 12.0. The number of benzene rings is 1. The first-order valence-corrected chi connectivity index (χ1v) is 7.41. The highest BCUT2D eigenvalue weighted by Gasteiger charge is 1.96. The van der Waals surface area contributed by atoms with E-state index < -0.39 is 0 Å². The largest absolute Gasteiger partial charge is 0.288 e. The molecular weight excluding hydrogens is 352 g/mol. The van der Waals surface area contributed by atoms with Crippen molar-refractivity contribution in [3.8, 4) is 0 Å². The molecule has 0 fully saturated rings. The summed E-state index contributed by atoms with van der Waals surface area (Å²) in [4.78, 5) is 10.7. The summed E-state index contributed by atoms with van der Waals surface area (Å²) in [6.07, 6.45) is 5.06. The van der Waals surface area contributed by atoms with Gasteiger partial charge in [-0.05, 0) is 30.2 Å². The number of carbonyl (C=O) groups excluding carboxylic acids is 1.